The van der Waals surface area contributed by atoms with Gasteiger partial charge in [0.2, 0.25) is 0 Å². The summed E-state index contributed by atoms with van der Waals surface area (Å²) in [5.74, 6) is -2.48. The lowest BCUT2D eigenvalue weighted by atomic mass is 9.98. The van der Waals surface area contributed by atoms with Gasteiger partial charge in [-0.1, -0.05) is 27.7 Å². The van der Waals surface area contributed by atoms with Crippen LogP contribution in [0.2, 0.25) is 0 Å². The zero-order chi connectivity index (χ0) is 21.3. The monoisotopic (exact) mass is 404 g/mol. The van der Waals surface area contributed by atoms with Crippen LogP contribution in [0.1, 0.15) is 53.4 Å². The number of aliphatic hydroxyl groups excluding tert-OH is 1. The maximum Gasteiger partial charge on any atom is 0.306 e. The van der Waals surface area contributed by atoms with Crippen LogP contribution in [0.5, 0.6) is 0 Å². The first kappa shape index (κ1) is 23.8. The number of carbonyl (C=O) groups excluding carboxylic acids is 4. The van der Waals surface area contributed by atoms with Crippen LogP contribution in [0.3, 0.4) is 0 Å². The summed E-state index contributed by atoms with van der Waals surface area (Å²) in [5.41, 5.74) is 0. The zero-order valence-electron chi connectivity index (χ0n) is 16.5. The van der Waals surface area contributed by atoms with Crippen molar-refractivity contribution in [2.75, 3.05) is 6.61 Å². The van der Waals surface area contributed by atoms with E-state index in [2.05, 4.69) is 0 Å². The zero-order valence-corrected chi connectivity index (χ0v) is 16.5. The van der Waals surface area contributed by atoms with Crippen molar-refractivity contribution in [1.82, 2.24) is 0 Å². The molecule has 0 bridgehead atoms. The third-order valence-electron chi connectivity index (χ3n) is 3.98. The van der Waals surface area contributed by atoms with Gasteiger partial charge in [0.1, 0.15) is 12.7 Å². The minimum absolute atomic E-state index is 0.00578. The smallest absolute Gasteiger partial charge is 0.306 e. The molecule has 5 atom stereocenters. The van der Waals surface area contributed by atoms with Crippen molar-refractivity contribution >= 4 is 23.9 Å². The minimum atomic E-state index is -1.67. The van der Waals surface area contributed by atoms with E-state index >= 15 is 0 Å². The molecule has 1 aliphatic heterocycles. The van der Waals surface area contributed by atoms with Crippen molar-refractivity contribution in [3.8, 4) is 0 Å². The van der Waals surface area contributed by atoms with E-state index in [0.717, 1.165) is 0 Å². The lowest BCUT2D eigenvalue weighted by Crippen LogP contribution is -2.62. The van der Waals surface area contributed by atoms with Gasteiger partial charge in [-0.05, 0) is 0 Å². The molecule has 1 saturated heterocycles. The molecule has 1 fully saturated rings. The Labute approximate surface area is 163 Å². The molecule has 0 spiro atoms. The van der Waals surface area contributed by atoms with Crippen LogP contribution in [0.4, 0.5) is 0 Å². The number of aliphatic hydroxyl groups is 1. The molecule has 0 radical (unpaired) electrons. The Hall–Kier alpha value is -2.20. The summed E-state index contributed by atoms with van der Waals surface area (Å²) in [6.07, 6.45) is -6.62. The first-order valence-corrected chi connectivity index (χ1v) is 9.34. The van der Waals surface area contributed by atoms with Crippen molar-refractivity contribution < 1.29 is 48.0 Å². The molecule has 28 heavy (non-hydrogen) atoms. The lowest BCUT2D eigenvalue weighted by Gasteiger charge is -2.42. The summed E-state index contributed by atoms with van der Waals surface area (Å²) >= 11 is 0. The molecule has 1 N–H and O–H groups in total. The molecule has 0 saturated carbocycles. The summed E-state index contributed by atoms with van der Waals surface area (Å²) in [5, 5.41) is 10.3. The highest BCUT2D eigenvalue weighted by molar-refractivity contribution is 5.71. The van der Waals surface area contributed by atoms with E-state index in [-0.39, 0.29) is 32.3 Å². The van der Waals surface area contributed by atoms with Crippen LogP contribution < -0.4 is 0 Å². The van der Waals surface area contributed by atoms with Gasteiger partial charge in [0.25, 0.3) is 0 Å². The van der Waals surface area contributed by atoms with Gasteiger partial charge in [0.15, 0.2) is 24.6 Å². The van der Waals surface area contributed by atoms with Crippen LogP contribution >= 0.6 is 0 Å². The standard InChI is InChI=1S/C18H28O10/c1-5-11(19)24-9-10-15(26-12(20)6-2)16(27-13(21)7-3)17(18(23)25-10)28-14(22)8-4/h10,15-18,23H,5-9H2,1-4H3/t10-,15-,16-,17-,18-/m1/s1. The fourth-order valence-electron chi connectivity index (χ4n) is 2.41. The Morgan fingerprint density at radius 3 is 1.61 bits per heavy atom. The van der Waals surface area contributed by atoms with Crippen molar-refractivity contribution in [2.45, 2.75) is 84.1 Å². The van der Waals surface area contributed by atoms with Gasteiger partial charge >= 0.3 is 23.9 Å². The summed E-state index contributed by atoms with van der Waals surface area (Å²) in [6, 6.07) is 0. The maximum atomic E-state index is 11.9. The molecule has 0 amide bonds. The Morgan fingerprint density at radius 2 is 1.14 bits per heavy atom. The van der Waals surface area contributed by atoms with Gasteiger partial charge in [0.05, 0.1) is 0 Å². The Bertz CT molecular complexity index is 561. The molecule has 160 valence electrons. The second-order valence-corrected chi connectivity index (χ2v) is 6.03. The second kappa shape index (κ2) is 11.6. The third kappa shape index (κ3) is 6.75. The van der Waals surface area contributed by atoms with E-state index in [9.17, 15) is 24.3 Å². The summed E-state index contributed by atoms with van der Waals surface area (Å²) < 4.78 is 26.2. The molecule has 0 aromatic carbocycles. The Balaban J connectivity index is 3.17. The van der Waals surface area contributed by atoms with Gasteiger partial charge in [-0.15, -0.1) is 0 Å². The molecular formula is C18H28O10. The Kier molecular flexibility index (Phi) is 9.88. The van der Waals surface area contributed by atoms with Gasteiger partial charge in [-0.25, -0.2) is 0 Å². The Morgan fingerprint density at radius 1 is 0.714 bits per heavy atom. The highest BCUT2D eigenvalue weighted by Crippen LogP contribution is 2.28. The summed E-state index contributed by atoms with van der Waals surface area (Å²) in [7, 11) is 0. The minimum Gasteiger partial charge on any atom is -0.463 e. The SMILES string of the molecule is CCC(=O)OC[C@H]1O[C@@H](O)[C@H](OC(=O)CC)[C@H](OC(=O)CC)[C@@H]1OC(=O)CC. The molecule has 0 unspecified atom stereocenters. The van der Waals surface area contributed by atoms with E-state index in [4.69, 9.17) is 23.7 Å². The van der Waals surface area contributed by atoms with E-state index < -0.39 is 54.6 Å². The van der Waals surface area contributed by atoms with Crippen LogP contribution in [-0.4, -0.2) is 66.3 Å². The van der Waals surface area contributed by atoms with Gasteiger partial charge in [-0.3, -0.25) is 19.2 Å². The van der Waals surface area contributed by atoms with Crippen molar-refractivity contribution in [3.05, 3.63) is 0 Å². The third-order valence-corrected chi connectivity index (χ3v) is 3.98. The van der Waals surface area contributed by atoms with E-state index in [1.165, 1.54) is 0 Å². The average molecular weight is 404 g/mol. The predicted octanol–water partition coefficient (Wildman–Crippen LogP) is 0.622. The summed E-state index contributed by atoms with van der Waals surface area (Å²) in [4.78, 5) is 47.0. The van der Waals surface area contributed by atoms with Crippen LogP contribution in [0, 0.1) is 0 Å². The number of hydrogen-bond acceptors (Lipinski definition) is 10. The molecule has 0 aliphatic carbocycles. The van der Waals surface area contributed by atoms with Gasteiger partial charge < -0.3 is 28.8 Å². The van der Waals surface area contributed by atoms with Crippen LogP contribution in [0.15, 0.2) is 0 Å². The van der Waals surface area contributed by atoms with E-state index in [0.29, 0.717) is 0 Å². The van der Waals surface area contributed by atoms with Crippen LogP contribution in [-0.2, 0) is 42.9 Å². The maximum absolute atomic E-state index is 11.9. The van der Waals surface area contributed by atoms with Gasteiger partial charge in [-0.2, -0.15) is 0 Å². The average Bonchev–Trinajstić information content (AvgIpc) is 2.69. The molecule has 1 heterocycles. The number of rotatable bonds is 9. The molecule has 0 aromatic heterocycles. The number of carbonyl (C=O) groups is 4. The highest BCUT2D eigenvalue weighted by Gasteiger charge is 2.52. The van der Waals surface area contributed by atoms with E-state index in [1.807, 2.05) is 0 Å². The topological polar surface area (TPSA) is 135 Å². The number of hydrogen-bond donors (Lipinski definition) is 1. The van der Waals surface area contributed by atoms with Crippen molar-refractivity contribution in [3.63, 3.8) is 0 Å². The molecular weight excluding hydrogens is 376 g/mol. The molecule has 10 heteroatoms. The largest absolute Gasteiger partial charge is 0.463 e. The van der Waals surface area contributed by atoms with Crippen molar-refractivity contribution in [1.29, 1.82) is 0 Å². The van der Waals surface area contributed by atoms with Gasteiger partial charge in [0, 0.05) is 25.7 Å². The second-order valence-electron chi connectivity index (χ2n) is 6.03. The normalized spacial score (nSPS) is 26.8. The molecule has 1 aliphatic rings. The molecule has 1 rings (SSSR count). The van der Waals surface area contributed by atoms with Crippen molar-refractivity contribution in [2.24, 2.45) is 0 Å². The number of ether oxygens (including phenoxy) is 5. The van der Waals surface area contributed by atoms with Crippen LogP contribution in [0.25, 0.3) is 0 Å². The lowest BCUT2D eigenvalue weighted by molar-refractivity contribution is -0.297. The molecule has 0 aromatic rings. The van der Waals surface area contributed by atoms with E-state index in [1.54, 1.807) is 27.7 Å². The number of esters is 4. The fraction of sp³-hybridized carbons (Fsp3) is 0.778. The molecule has 10 nitrogen and oxygen atoms in total. The highest BCUT2D eigenvalue weighted by atomic mass is 16.7. The quantitative estimate of drug-likeness (QED) is 0.430. The first-order chi connectivity index (χ1) is 13.3. The fourth-order valence-corrected chi connectivity index (χ4v) is 2.41. The first-order valence-electron chi connectivity index (χ1n) is 9.34. The predicted molar refractivity (Wildman–Crippen MR) is 92.6 cm³/mol. The summed E-state index contributed by atoms with van der Waals surface area (Å²) in [6.45, 7) is 5.92.